The summed E-state index contributed by atoms with van der Waals surface area (Å²) < 4.78 is 36.3. The molecule has 1 amide bonds. The van der Waals surface area contributed by atoms with E-state index in [2.05, 4.69) is 0 Å². The summed E-state index contributed by atoms with van der Waals surface area (Å²) in [6.45, 7) is 3.52. The second-order valence-corrected chi connectivity index (χ2v) is 6.39. The van der Waals surface area contributed by atoms with Crippen molar-refractivity contribution >= 4 is 25.6 Å². The van der Waals surface area contributed by atoms with Gasteiger partial charge in [0.2, 0.25) is 0 Å². The van der Waals surface area contributed by atoms with E-state index in [9.17, 15) is 17.6 Å². The lowest BCUT2D eigenvalue weighted by Gasteiger charge is -2.16. The summed E-state index contributed by atoms with van der Waals surface area (Å²) in [5, 5.41) is 0. The quantitative estimate of drug-likeness (QED) is 0.803. The first-order valence-corrected chi connectivity index (χ1v) is 7.49. The van der Waals surface area contributed by atoms with Gasteiger partial charge in [-0.25, -0.2) is 12.8 Å². The number of benzene rings is 1. The average molecular weight is 294 g/mol. The molecule has 1 aromatic rings. The molecular formula is C11H13ClFNO3S. The maximum atomic E-state index is 13.7. The first-order valence-electron chi connectivity index (χ1n) is 5.18. The van der Waals surface area contributed by atoms with Crippen LogP contribution in [0, 0.1) is 12.7 Å². The van der Waals surface area contributed by atoms with Crippen molar-refractivity contribution in [3.8, 4) is 0 Å². The van der Waals surface area contributed by atoms with Gasteiger partial charge in [-0.05, 0) is 31.5 Å². The molecule has 0 aliphatic carbocycles. The predicted octanol–water partition coefficient (Wildman–Crippen LogP) is 2.15. The van der Waals surface area contributed by atoms with E-state index in [-0.39, 0.29) is 16.0 Å². The Bertz CT molecular complexity index is 586. The van der Waals surface area contributed by atoms with Crippen LogP contribution in [0.3, 0.4) is 0 Å². The number of carbonyl (C=O) groups is 1. The maximum absolute atomic E-state index is 13.7. The molecule has 0 saturated carbocycles. The van der Waals surface area contributed by atoms with Crippen molar-refractivity contribution in [3.05, 3.63) is 29.1 Å². The van der Waals surface area contributed by atoms with E-state index < -0.39 is 20.8 Å². The highest BCUT2D eigenvalue weighted by molar-refractivity contribution is 8.13. The molecule has 0 unspecified atom stereocenters. The molecule has 0 saturated heterocycles. The molecule has 0 aliphatic heterocycles. The second kappa shape index (κ2) is 5.24. The third-order valence-corrected chi connectivity index (χ3v) is 4.04. The Morgan fingerprint density at radius 2 is 2.00 bits per heavy atom. The van der Waals surface area contributed by atoms with Crippen LogP contribution in [-0.4, -0.2) is 32.8 Å². The van der Waals surface area contributed by atoms with Crippen molar-refractivity contribution in [2.75, 3.05) is 13.6 Å². The fourth-order valence-corrected chi connectivity index (χ4v) is 2.63. The van der Waals surface area contributed by atoms with Crippen LogP contribution in [-0.2, 0) is 9.05 Å². The molecule has 0 spiro atoms. The minimum Gasteiger partial charge on any atom is -0.342 e. The lowest BCUT2D eigenvalue weighted by Crippen LogP contribution is -2.27. The smallest absolute Gasteiger partial charge is 0.261 e. The highest BCUT2D eigenvalue weighted by Crippen LogP contribution is 2.23. The monoisotopic (exact) mass is 293 g/mol. The third-order valence-electron chi connectivity index (χ3n) is 2.58. The number of hydrogen-bond donors (Lipinski definition) is 0. The molecule has 0 atom stereocenters. The van der Waals surface area contributed by atoms with Crippen LogP contribution in [0.1, 0.15) is 22.8 Å². The summed E-state index contributed by atoms with van der Waals surface area (Å²) in [7, 11) is 2.72. The summed E-state index contributed by atoms with van der Waals surface area (Å²) in [6.07, 6.45) is 0. The lowest BCUT2D eigenvalue weighted by molar-refractivity contribution is 0.0797. The first-order chi connectivity index (χ1) is 8.18. The number of halogens is 2. The molecule has 0 heterocycles. The van der Waals surface area contributed by atoms with Gasteiger partial charge in [0.05, 0.1) is 10.5 Å². The SMILES string of the molecule is CCN(C)C(=O)c1cc(S(=O)(=O)Cl)c(C)cc1F. The van der Waals surface area contributed by atoms with E-state index in [0.717, 1.165) is 12.1 Å². The highest BCUT2D eigenvalue weighted by atomic mass is 35.7. The Morgan fingerprint density at radius 3 is 2.44 bits per heavy atom. The minimum atomic E-state index is -4.00. The molecule has 0 bridgehead atoms. The van der Waals surface area contributed by atoms with E-state index in [1.54, 1.807) is 6.92 Å². The van der Waals surface area contributed by atoms with Crippen LogP contribution in [0.25, 0.3) is 0 Å². The van der Waals surface area contributed by atoms with Gasteiger partial charge in [0, 0.05) is 24.3 Å². The number of hydrogen-bond acceptors (Lipinski definition) is 3. The van der Waals surface area contributed by atoms with E-state index in [1.165, 1.54) is 18.9 Å². The zero-order valence-corrected chi connectivity index (χ0v) is 11.8. The number of rotatable bonds is 3. The van der Waals surface area contributed by atoms with E-state index in [0.29, 0.717) is 6.54 Å². The average Bonchev–Trinajstić information content (AvgIpc) is 2.25. The van der Waals surface area contributed by atoms with Crippen molar-refractivity contribution < 1.29 is 17.6 Å². The Kier molecular flexibility index (Phi) is 4.34. The molecule has 0 radical (unpaired) electrons. The Labute approximate surface area is 110 Å². The van der Waals surface area contributed by atoms with Crippen LogP contribution in [0.2, 0.25) is 0 Å². The van der Waals surface area contributed by atoms with Crippen LogP contribution >= 0.6 is 10.7 Å². The van der Waals surface area contributed by atoms with Gasteiger partial charge < -0.3 is 4.90 Å². The standard InChI is InChI=1S/C11H13ClFNO3S/c1-4-14(3)11(15)8-6-10(18(12,16)17)7(2)5-9(8)13/h5-6H,4H2,1-3H3. The van der Waals surface area contributed by atoms with Crippen molar-refractivity contribution in [2.24, 2.45) is 0 Å². The minimum absolute atomic E-state index is 0.165. The van der Waals surface area contributed by atoms with Crippen molar-refractivity contribution in [1.82, 2.24) is 4.90 Å². The van der Waals surface area contributed by atoms with Gasteiger partial charge in [0.1, 0.15) is 5.82 Å². The summed E-state index contributed by atoms with van der Waals surface area (Å²) in [6, 6.07) is 1.97. The van der Waals surface area contributed by atoms with Crippen LogP contribution < -0.4 is 0 Å². The predicted molar refractivity (Wildman–Crippen MR) is 66.8 cm³/mol. The second-order valence-electron chi connectivity index (χ2n) is 3.85. The van der Waals surface area contributed by atoms with Gasteiger partial charge in [0.25, 0.3) is 15.0 Å². The number of aryl methyl sites for hydroxylation is 1. The van der Waals surface area contributed by atoms with E-state index >= 15 is 0 Å². The third kappa shape index (κ3) is 3.00. The molecular weight excluding hydrogens is 281 g/mol. The Hall–Kier alpha value is -1.14. The Balaban J connectivity index is 3.44. The topological polar surface area (TPSA) is 54.5 Å². The summed E-state index contributed by atoms with van der Waals surface area (Å²) in [4.78, 5) is 12.9. The van der Waals surface area contributed by atoms with Crippen LogP contribution in [0.5, 0.6) is 0 Å². The van der Waals surface area contributed by atoms with Gasteiger partial charge in [-0.15, -0.1) is 0 Å². The fraction of sp³-hybridized carbons (Fsp3) is 0.364. The van der Waals surface area contributed by atoms with Crippen molar-refractivity contribution in [1.29, 1.82) is 0 Å². The summed E-state index contributed by atoms with van der Waals surface area (Å²) in [5.74, 6) is -1.35. The van der Waals surface area contributed by atoms with Crippen LogP contribution in [0.4, 0.5) is 4.39 Å². The molecule has 100 valence electrons. The van der Waals surface area contributed by atoms with Gasteiger partial charge in [0.15, 0.2) is 0 Å². The Morgan fingerprint density at radius 1 is 1.44 bits per heavy atom. The molecule has 0 fully saturated rings. The first kappa shape index (κ1) is 14.9. The maximum Gasteiger partial charge on any atom is 0.261 e. The molecule has 18 heavy (non-hydrogen) atoms. The largest absolute Gasteiger partial charge is 0.342 e. The zero-order chi connectivity index (χ0) is 14.1. The van der Waals surface area contributed by atoms with Crippen LogP contribution in [0.15, 0.2) is 17.0 Å². The van der Waals surface area contributed by atoms with Crippen molar-refractivity contribution in [2.45, 2.75) is 18.7 Å². The summed E-state index contributed by atoms with van der Waals surface area (Å²) >= 11 is 0. The summed E-state index contributed by atoms with van der Waals surface area (Å²) in [5.41, 5.74) is -0.137. The van der Waals surface area contributed by atoms with Gasteiger partial charge in [-0.2, -0.15) is 0 Å². The highest BCUT2D eigenvalue weighted by Gasteiger charge is 2.21. The molecule has 4 nitrogen and oxygen atoms in total. The molecule has 0 N–H and O–H groups in total. The molecule has 7 heteroatoms. The number of amides is 1. The van der Waals surface area contributed by atoms with Gasteiger partial charge in [-0.3, -0.25) is 4.79 Å². The van der Waals surface area contributed by atoms with Crippen molar-refractivity contribution in [3.63, 3.8) is 0 Å². The van der Waals surface area contributed by atoms with E-state index in [4.69, 9.17) is 10.7 Å². The van der Waals surface area contributed by atoms with Gasteiger partial charge >= 0.3 is 0 Å². The van der Waals surface area contributed by atoms with E-state index in [1.807, 2.05) is 0 Å². The number of carbonyl (C=O) groups excluding carboxylic acids is 1. The molecule has 0 aromatic heterocycles. The lowest BCUT2D eigenvalue weighted by atomic mass is 10.1. The molecule has 1 aromatic carbocycles. The van der Waals surface area contributed by atoms with Gasteiger partial charge in [-0.1, -0.05) is 0 Å². The zero-order valence-electron chi connectivity index (χ0n) is 10.2. The molecule has 0 aliphatic rings. The normalized spacial score (nSPS) is 11.4. The number of nitrogens with zero attached hydrogens (tertiary/aromatic N) is 1. The molecule has 1 rings (SSSR count). The fourth-order valence-electron chi connectivity index (χ4n) is 1.43.